The van der Waals surface area contributed by atoms with Crippen molar-refractivity contribution in [1.82, 2.24) is 0 Å². The minimum atomic E-state index is -0.854. The van der Waals surface area contributed by atoms with Crippen LogP contribution in [0.4, 0.5) is 4.39 Å². The number of hydrogen-bond acceptors (Lipinski definition) is 5. The highest BCUT2D eigenvalue weighted by Gasteiger charge is 2.52. The predicted octanol–water partition coefficient (Wildman–Crippen LogP) is 4.14. The lowest BCUT2D eigenvalue weighted by atomic mass is 9.75. The first-order valence-electron chi connectivity index (χ1n) is 11.4. The largest absolute Gasteiger partial charge is 0.495 e. The molecular weight excluding hydrogens is 426 g/mol. The van der Waals surface area contributed by atoms with Gasteiger partial charge in [-0.05, 0) is 63.7 Å². The number of carboxylic acid groups (broad SMARTS) is 1. The molecule has 8 heteroatoms. The Kier molecular flexibility index (Phi) is 5.21. The van der Waals surface area contributed by atoms with Gasteiger partial charge in [0.25, 0.3) is 0 Å². The number of ether oxygens (including phenoxy) is 2. The van der Waals surface area contributed by atoms with Gasteiger partial charge in [0.05, 0.1) is 24.2 Å². The maximum absolute atomic E-state index is 15.0. The summed E-state index contributed by atoms with van der Waals surface area (Å²) in [7, 11) is -0.553. The number of hydrogen-bond donors (Lipinski definition) is 1. The zero-order valence-corrected chi connectivity index (χ0v) is 19.3. The zero-order valence-electron chi connectivity index (χ0n) is 19.3. The van der Waals surface area contributed by atoms with E-state index >= 15 is 0 Å². The molecule has 2 aromatic rings. The van der Waals surface area contributed by atoms with Crippen LogP contribution in [0.5, 0.6) is 11.5 Å². The summed E-state index contributed by atoms with van der Waals surface area (Å²) in [5.74, 6) is -0.121. The highest BCUT2D eigenvalue weighted by atomic mass is 19.1. The van der Waals surface area contributed by atoms with Gasteiger partial charge in [0.2, 0.25) is 0 Å². The van der Waals surface area contributed by atoms with Gasteiger partial charge in [0.1, 0.15) is 23.4 Å². The Hall–Kier alpha value is -2.58. The molecule has 2 unspecified atom stereocenters. The molecule has 5 rings (SSSR count). The Balaban J connectivity index is 1.39. The first kappa shape index (κ1) is 22.2. The van der Waals surface area contributed by atoms with Crippen LogP contribution in [0, 0.1) is 5.82 Å². The van der Waals surface area contributed by atoms with Gasteiger partial charge in [-0.15, -0.1) is 0 Å². The highest BCUT2D eigenvalue weighted by Crippen LogP contribution is 2.42. The summed E-state index contributed by atoms with van der Waals surface area (Å²) >= 11 is 0. The van der Waals surface area contributed by atoms with Crippen molar-refractivity contribution in [3.05, 3.63) is 52.8 Å². The Labute approximate surface area is 193 Å². The second-order valence-electron chi connectivity index (χ2n) is 10.1. The van der Waals surface area contributed by atoms with Crippen LogP contribution >= 0.6 is 0 Å². The molecule has 0 bridgehead atoms. The SMILES string of the molecule is CC1(C)OB(c2ccc(F)c3c2CCC3Oc2ccc3c(c2)OCC3CC(=O)O)OC1(C)C. The van der Waals surface area contributed by atoms with E-state index in [1.807, 2.05) is 33.8 Å². The fourth-order valence-electron chi connectivity index (χ4n) is 4.88. The summed E-state index contributed by atoms with van der Waals surface area (Å²) in [5, 5.41) is 9.09. The zero-order chi connectivity index (χ0) is 23.5. The van der Waals surface area contributed by atoms with Gasteiger partial charge < -0.3 is 23.9 Å². The molecule has 174 valence electrons. The van der Waals surface area contributed by atoms with E-state index in [1.165, 1.54) is 6.07 Å². The molecule has 2 aliphatic heterocycles. The van der Waals surface area contributed by atoms with Crippen LogP contribution in [0.1, 0.15) is 69.2 Å². The molecule has 0 radical (unpaired) electrons. The molecule has 2 atom stereocenters. The molecule has 1 fully saturated rings. The van der Waals surface area contributed by atoms with Gasteiger partial charge in [-0.2, -0.15) is 0 Å². The Morgan fingerprint density at radius 2 is 1.91 bits per heavy atom. The summed E-state index contributed by atoms with van der Waals surface area (Å²) < 4.78 is 39.3. The Morgan fingerprint density at radius 3 is 2.61 bits per heavy atom. The van der Waals surface area contributed by atoms with Crippen LogP contribution in [0.15, 0.2) is 30.3 Å². The summed E-state index contributed by atoms with van der Waals surface area (Å²) in [4.78, 5) is 11.1. The molecule has 2 heterocycles. The molecular formula is C25H28BFO6. The van der Waals surface area contributed by atoms with Crippen molar-refractivity contribution >= 4 is 18.6 Å². The molecule has 2 aromatic carbocycles. The molecule has 1 aliphatic carbocycles. The number of carbonyl (C=O) groups is 1. The smallest absolute Gasteiger partial charge is 0.492 e. The molecule has 33 heavy (non-hydrogen) atoms. The third-order valence-corrected chi connectivity index (χ3v) is 7.39. The van der Waals surface area contributed by atoms with Crippen LogP contribution in [0.3, 0.4) is 0 Å². The molecule has 6 nitrogen and oxygen atoms in total. The predicted molar refractivity (Wildman–Crippen MR) is 121 cm³/mol. The number of benzene rings is 2. The second-order valence-corrected chi connectivity index (χ2v) is 10.1. The summed E-state index contributed by atoms with van der Waals surface area (Å²) in [6.07, 6.45) is 0.897. The number of rotatable bonds is 5. The summed E-state index contributed by atoms with van der Waals surface area (Å²) in [6, 6.07) is 8.63. The van der Waals surface area contributed by atoms with Crippen molar-refractivity contribution in [2.24, 2.45) is 0 Å². The molecule has 3 aliphatic rings. The van der Waals surface area contributed by atoms with E-state index in [9.17, 15) is 9.18 Å². The van der Waals surface area contributed by atoms with Crippen LogP contribution < -0.4 is 14.9 Å². The van der Waals surface area contributed by atoms with E-state index < -0.39 is 30.4 Å². The lowest BCUT2D eigenvalue weighted by Crippen LogP contribution is -2.41. The van der Waals surface area contributed by atoms with E-state index in [0.29, 0.717) is 36.5 Å². The third-order valence-electron chi connectivity index (χ3n) is 7.39. The fourth-order valence-corrected chi connectivity index (χ4v) is 4.88. The second kappa shape index (κ2) is 7.74. The van der Waals surface area contributed by atoms with E-state index in [0.717, 1.165) is 16.6 Å². The van der Waals surface area contributed by atoms with E-state index in [-0.39, 0.29) is 18.2 Å². The third kappa shape index (κ3) is 3.79. The van der Waals surface area contributed by atoms with Crippen LogP contribution in [-0.2, 0) is 20.5 Å². The minimum Gasteiger partial charge on any atom is -0.492 e. The van der Waals surface area contributed by atoms with Gasteiger partial charge in [0, 0.05) is 23.1 Å². The van der Waals surface area contributed by atoms with Gasteiger partial charge in [-0.25, -0.2) is 4.39 Å². The number of fused-ring (bicyclic) bond motifs is 2. The lowest BCUT2D eigenvalue weighted by Gasteiger charge is -2.32. The number of aliphatic carboxylic acids is 1. The minimum absolute atomic E-state index is 0.0239. The van der Waals surface area contributed by atoms with Crippen LogP contribution in [0.25, 0.3) is 0 Å². The van der Waals surface area contributed by atoms with Crippen molar-refractivity contribution < 1.29 is 33.1 Å². The van der Waals surface area contributed by atoms with Crippen molar-refractivity contribution in [1.29, 1.82) is 0 Å². The molecule has 0 amide bonds. The highest BCUT2D eigenvalue weighted by molar-refractivity contribution is 6.62. The van der Waals surface area contributed by atoms with E-state index in [1.54, 1.807) is 18.2 Å². The number of carboxylic acids is 1. The van der Waals surface area contributed by atoms with Crippen LogP contribution in [0.2, 0.25) is 0 Å². The van der Waals surface area contributed by atoms with Crippen molar-refractivity contribution in [2.75, 3.05) is 6.61 Å². The Morgan fingerprint density at radius 1 is 1.18 bits per heavy atom. The Bertz CT molecular complexity index is 1100. The van der Waals surface area contributed by atoms with Crippen molar-refractivity contribution in [3.8, 4) is 11.5 Å². The number of halogens is 1. The fraction of sp³-hybridized carbons (Fsp3) is 0.480. The van der Waals surface area contributed by atoms with Crippen molar-refractivity contribution in [2.45, 2.75) is 70.2 Å². The van der Waals surface area contributed by atoms with E-state index in [2.05, 4.69) is 0 Å². The van der Waals surface area contributed by atoms with Crippen molar-refractivity contribution in [3.63, 3.8) is 0 Å². The maximum Gasteiger partial charge on any atom is 0.495 e. The molecule has 0 spiro atoms. The molecule has 1 N–H and O–H groups in total. The topological polar surface area (TPSA) is 74.2 Å². The van der Waals surface area contributed by atoms with Crippen LogP contribution in [-0.4, -0.2) is 36.0 Å². The first-order valence-corrected chi connectivity index (χ1v) is 11.4. The normalized spacial score (nSPS) is 24.3. The molecule has 0 aromatic heterocycles. The average molecular weight is 454 g/mol. The summed E-state index contributed by atoms with van der Waals surface area (Å²) in [5.41, 5.74) is 2.20. The molecule has 0 saturated carbocycles. The molecule has 1 saturated heterocycles. The first-order chi connectivity index (χ1) is 15.6. The van der Waals surface area contributed by atoms with Gasteiger partial charge in [-0.1, -0.05) is 12.1 Å². The standard InChI is InChI=1S/C25H28BFO6/c1-24(2)25(3,4)33-26(32-24)18-8-9-19(27)23-17(18)7-10-20(23)31-15-5-6-16-14(11-22(28)29)13-30-21(16)12-15/h5-6,8-9,12,14,20H,7,10-11,13H2,1-4H3,(H,28,29). The van der Waals surface area contributed by atoms with Gasteiger partial charge >= 0.3 is 13.1 Å². The quantitative estimate of drug-likeness (QED) is 0.685. The lowest BCUT2D eigenvalue weighted by molar-refractivity contribution is -0.137. The summed E-state index contributed by atoms with van der Waals surface area (Å²) in [6.45, 7) is 8.34. The average Bonchev–Trinajstić information content (AvgIpc) is 3.37. The van der Waals surface area contributed by atoms with E-state index in [4.69, 9.17) is 23.9 Å². The van der Waals surface area contributed by atoms with Gasteiger partial charge in [0.15, 0.2) is 0 Å². The maximum atomic E-state index is 15.0. The van der Waals surface area contributed by atoms with Gasteiger partial charge in [-0.3, -0.25) is 4.79 Å². The monoisotopic (exact) mass is 454 g/mol.